The van der Waals surface area contributed by atoms with Crippen LogP contribution in [0.4, 0.5) is 10.1 Å². The van der Waals surface area contributed by atoms with E-state index in [1.54, 1.807) is 35.2 Å². The molecule has 1 atom stereocenters. The number of ether oxygens (including phenoxy) is 1. The molecule has 8 heteroatoms. The van der Waals surface area contributed by atoms with Gasteiger partial charge in [0.1, 0.15) is 11.6 Å². The summed E-state index contributed by atoms with van der Waals surface area (Å²) < 4.78 is 23.8. The SMILES string of the molecule is COc1cc(Cl)ccc1-c1nc(C2CC(=O)N(c3ccc(F)cc3)C2)no1. The van der Waals surface area contributed by atoms with Crippen molar-refractivity contribution in [3.8, 4) is 17.2 Å². The molecule has 1 unspecified atom stereocenters. The predicted molar refractivity (Wildman–Crippen MR) is 97.4 cm³/mol. The van der Waals surface area contributed by atoms with Crippen molar-refractivity contribution in [2.45, 2.75) is 12.3 Å². The molecule has 1 aromatic heterocycles. The van der Waals surface area contributed by atoms with Gasteiger partial charge in [0.05, 0.1) is 12.7 Å². The number of rotatable bonds is 4. The number of hydrogen-bond donors (Lipinski definition) is 0. The summed E-state index contributed by atoms with van der Waals surface area (Å²) >= 11 is 5.98. The first kappa shape index (κ1) is 17.5. The van der Waals surface area contributed by atoms with Crippen LogP contribution in [0.25, 0.3) is 11.5 Å². The van der Waals surface area contributed by atoms with Crippen LogP contribution in [-0.2, 0) is 4.79 Å². The molecule has 2 aromatic carbocycles. The van der Waals surface area contributed by atoms with E-state index in [-0.39, 0.29) is 24.1 Å². The van der Waals surface area contributed by atoms with E-state index in [2.05, 4.69) is 10.1 Å². The largest absolute Gasteiger partial charge is 0.496 e. The van der Waals surface area contributed by atoms with Crippen LogP contribution < -0.4 is 9.64 Å². The second-order valence-corrected chi connectivity index (χ2v) is 6.62. The number of carbonyl (C=O) groups excluding carboxylic acids is 1. The summed E-state index contributed by atoms with van der Waals surface area (Å²) in [5, 5.41) is 4.57. The van der Waals surface area contributed by atoms with Gasteiger partial charge in [0.15, 0.2) is 5.82 Å². The molecule has 1 amide bonds. The average molecular weight is 388 g/mol. The number of nitrogens with zero attached hydrogens (tertiary/aromatic N) is 3. The number of halogens is 2. The summed E-state index contributed by atoms with van der Waals surface area (Å²) in [6, 6.07) is 10.9. The van der Waals surface area contributed by atoms with E-state index in [0.717, 1.165) is 0 Å². The summed E-state index contributed by atoms with van der Waals surface area (Å²) in [5.41, 5.74) is 1.27. The van der Waals surface area contributed by atoms with E-state index in [0.29, 0.717) is 40.3 Å². The monoisotopic (exact) mass is 387 g/mol. The summed E-state index contributed by atoms with van der Waals surface area (Å²) in [5.74, 6) is 0.640. The first-order valence-electron chi connectivity index (χ1n) is 8.28. The highest BCUT2D eigenvalue weighted by Gasteiger charge is 2.34. The molecule has 1 fully saturated rings. The van der Waals surface area contributed by atoms with E-state index >= 15 is 0 Å². The average Bonchev–Trinajstić information content (AvgIpc) is 3.29. The Labute approximate surface area is 159 Å². The summed E-state index contributed by atoms with van der Waals surface area (Å²) in [6.07, 6.45) is 0.258. The molecule has 27 heavy (non-hydrogen) atoms. The predicted octanol–water partition coefficient (Wildman–Crippen LogP) is 4.06. The minimum Gasteiger partial charge on any atom is -0.496 e. The van der Waals surface area contributed by atoms with E-state index < -0.39 is 0 Å². The quantitative estimate of drug-likeness (QED) is 0.675. The van der Waals surface area contributed by atoms with Crippen LogP contribution in [0.5, 0.6) is 5.75 Å². The molecule has 0 spiro atoms. The van der Waals surface area contributed by atoms with Gasteiger partial charge in [-0.1, -0.05) is 16.8 Å². The van der Waals surface area contributed by atoms with Gasteiger partial charge in [0.25, 0.3) is 5.89 Å². The zero-order chi connectivity index (χ0) is 19.0. The maximum absolute atomic E-state index is 13.1. The minimum absolute atomic E-state index is 0.0676. The molecule has 2 heterocycles. The van der Waals surface area contributed by atoms with Crippen LogP contribution in [0.3, 0.4) is 0 Å². The lowest BCUT2D eigenvalue weighted by Gasteiger charge is -2.15. The van der Waals surface area contributed by atoms with Gasteiger partial charge in [-0.25, -0.2) is 4.39 Å². The van der Waals surface area contributed by atoms with E-state index in [9.17, 15) is 9.18 Å². The standard InChI is InChI=1S/C19H15ClFN3O3/c1-26-16-9-12(20)2-7-15(16)19-22-18(23-27-19)11-8-17(25)24(10-11)14-5-3-13(21)4-6-14/h2-7,9,11H,8,10H2,1H3. The highest BCUT2D eigenvalue weighted by Crippen LogP contribution is 2.34. The number of carbonyl (C=O) groups is 1. The fraction of sp³-hybridized carbons (Fsp3) is 0.211. The molecule has 0 bridgehead atoms. The third-order valence-electron chi connectivity index (χ3n) is 4.46. The number of benzene rings is 2. The molecule has 3 aromatic rings. The molecule has 6 nitrogen and oxygen atoms in total. The van der Waals surface area contributed by atoms with Crippen molar-refractivity contribution < 1.29 is 18.4 Å². The van der Waals surface area contributed by atoms with E-state index in [1.807, 2.05) is 0 Å². The molecule has 1 saturated heterocycles. The third-order valence-corrected chi connectivity index (χ3v) is 4.70. The number of hydrogen-bond acceptors (Lipinski definition) is 5. The number of anilines is 1. The summed E-state index contributed by atoms with van der Waals surface area (Å²) in [6.45, 7) is 0.404. The van der Waals surface area contributed by atoms with Gasteiger partial charge in [-0.05, 0) is 42.5 Å². The lowest BCUT2D eigenvalue weighted by Crippen LogP contribution is -2.24. The maximum atomic E-state index is 13.1. The Hall–Kier alpha value is -2.93. The van der Waals surface area contributed by atoms with Crippen LogP contribution in [-0.4, -0.2) is 29.7 Å². The Balaban J connectivity index is 1.57. The smallest absolute Gasteiger partial charge is 0.261 e. The van der Waals surface area contributed by atoms with Gasteiger partial charge in [0, 0.05) is 29.6 Å². The molecule has 0 radical (unpaired) electrons. The van der Waals surface area contributed by atoms with Crippen LogP contribution in [0.1, 0.15) is 18.2 Å². The van der Waals surface area contributed by atoms with Gasteiger partial charge in [-0.3, -0.25) is 4.79 Å². The summed E-state index contributed by atoms with van der Waals surface area (Å²) in [7, 11) is 1.53. The molecule has 1 aliphatic heterocycles. The Morgan fingerprint density at radius 1 is 1.26 bits per heavy atom. The van der Waals surface area contributed by atoms with Crippen LogP contribution >= 0.6 is 11.6 Å². The van der Waals surface area contributed by atoms with Crippen molar-refractivity contribution in [2.75, 3.05) is 18.6 Å². The van der Waals surface area contributed by atoms with E-state index in [4.69, 9.17) is 20.9 Å². The maximum Gasteiger partial charge on any atom is 0.261 e. The molecular formula is C19H15ClFN3O3. The van der Waals surface area contributed by atoms with Gasteiger partial charge < -0.3 is 14.2 Å². The van der Waals surface area contributed by atoms with Crippen molar-refractivity contribution in [1.82, 2.24) is 10.1 Å². The van der Waals surface area contributed by atoms with Crippen molar-refractivity contribution in [1.29, 1.82) is 0 Å². The first-order chi connectivity index (χ1) is 13.0. The second-order valence-electron chi connectivity index (χ2n) is 6.18. The lowest BCUT2D eigenvalue weighted by atomic mass is 10.1. The Bertz CT molecular complexity index is 990. The fourth-order valence-electron chi connectivity index (χ4n) is 3.10. The zero-order valence-corrected chi connectivity index (χ0v) is 15.1. The van der Waals surface area contributed by atoms with Crippen LogP contribution in [0.15, 0.2) is 47.0 Å². The van der Waals surface area contributed by atoms with Gasteiger partial charge in [-0.2, -0.15) is 4.98 Å². The number of aromatic nitrogens is 2. The number of methoxy groups -OCH3 is 1. The molecule has 0 N–H and O–H groups in total. The molecule has 0 aliphatic carbocycles. The van der Waals surface area contributed by atoms with Crippen LogP contribution in [0, 0.1) is 5.82 Å². The molecule has 1 aliphatic rings. The van der Waals surface area contributed by atoms with Crippen molar-refractivity contribution in [3.05, 3.63) is 59.1 Å². The molecular weight excluding hydrogens is 373 g/mol. The Morgan fingerprint density at radius 3 is 2.78 bits per heavy atom. The van der Waals surface area contributed by atoms with Crippen molar-refractivity contribution in [3.63, 3.8) is 0 Å². The molecule has 138 valence electrons. The van der Waals surface area contributed by atoms with Crippen LogP contribution in [0.2, 0.25) is 5.02 Å². The minimum atomic E-state index is -0.346. The summed E-state index contributed by atoms with van der Waals surface area (Å²) in [4.78, 5) is 18.4. The van der Waals surface area contributed by atoms with Gasteiger partial charge >= 0.3 is 0 Å². The van der Waals surface area contributed by atoms with Crippen molar-refractivity contribution in [2.24, 2.45) is 0 Å². The number of amides is 1. The highest BCUT2D eigenvalue weighted by molar-refractivity contribution is 6.30. The normalized spacial score (nSPS) is 16.8. The molecule has 4 rings (SSSR count). The Morgan fingerprint density at radius 2 is 2.04 bits per heavy atom. The highest BCUT2D eigenvalue weighted by atomic mass is 35.5. The van der Waals surface area contributed by atoms with Gasteiger partial charge in [0.2, 0.25) is 5.91 Å². The zero-order valence-electron chi connectivity index (χ0n) is 14.4. The van der Waals surface area contributed by atoms with E-state index in [1.165, 1.54) is 19.2 Å². The molecule has 0 saturated carbocycles. The Kier molecular flexibility index (Phi) is 4.53. The fourth-order valence-corrected chi connectivity index (χ4v) is 3.27. The third kappa shape index (κ3) is 3.38. The first-order valence-corrected chi connectivity index (χ1v) is 8.66. The van der Waals surface area contributed by atoms with Gasteiger partial charge in [-0.15, -0.1) is 0 Å². The second kappa shape index (κ2) is 7.00. The lowest BCUT2D eigenvalue weighted by molar-refractivity contribution is -0.117. The topological polar surface area (TPSA) is 68.5 Å². The van der Waals surface area contributed by atoms with Crippen molar-refractivity contribution >= 4 is 23.2 Å².